The molecular formula is C17H12F4N2O2. The molecule has 0 radical (unpaired) electrons. The lowest BCUT2D eigenvalue weighted by Gasteiger charge is -2.08. The second kappa shape index (κ2) is 6.54. The second-order valence-electron chi connectivity index (χ2n) is 5.62. The third-order valence-corrected chi connectivity index (χ3v) is 3.89. The van der Waals surface area contributed by atoms with Crippen LogP contribution in [0.4, 0.5) is 28.9 Å². The van der Waals surface area contributed by atoms with E-state index in [4.69, 9.17) is 0 Å². The highest BCUT2D eigenvalue weighted by Gasteiger charge is 2.48. The Kier molecular flexibility index (Phi) is 4.43. The molecule has 0 aromatic heterocycles. The fourth-order valence-electron chi connectivity index (χ4n) is 2.44. The highest BCUT2D eigenvalue weighted by molar-refractivity contribution is 6.03. The molecule has 8 heteroatoms. The van der Waals surface area contributed by atoms with Crippen LogP contribution in [0.3, 0.4) is 0 Å². The van der Waals surface area contributed by atoms with Gasteiger partial charge in [0.25, 0.3) is 0 Å². The van der Waals surface area contributed by atoms with Gasteiger partial charge in [0.2, 0.25) is 11.8 Å². The van der Waals surface area contributed by atoms with Gasteiger partial charge in [0.1, 0.15) is 34.6 Å². The number of carbonyl (C=O) groups excluding carboxylic acids is 2. The Labute approximate surface area is 139 Å². The molecule has 2 amide bonds. The minimum Gasteiger partial charge on any atom is -0.321 e. The van der Waals surface area contributed by atoms with Crippen molar-refractivity contribution in [3.05, 3.63) is 59.7 Å². The number of carbonyl (C=O) groups is 2. The van der Waals surface area contributed by atoms with Crippen LogP contribution in [0.25, 0.3) is 0 Å². The summed E-state index contributed by atoms with van der Waals surface area (Å²) >= 11 is 0. The van der Waals surface area contributed by atoms with Crippen LogP contribution >= 0.6 is 0 Å². The molecule has 2 aromatic carbocycles. The van der Waals surface area contributed by atoms with Crippen LogP contribution in [0.15, 0.2) is 36.4 Å². The van der Waals surface area contributed by atoms with Crippen LogP contribution in [0.2, 0.25) is 0 Å². The van der Waals surface area contributed by atoms with Crippen molar-refractivity contribution in [3.8, 4) is 0 Å². The van der Waals surface area contributed by atoms with Crippen molar-refractivity contribution in [3.63, 3.8) is 0 Å². The second-order valence-corrected chi connectivity index (χ2v) is 5.62. The third kappa shape index (κ3) is 3.47. The summed E-state index contributed by atoms with van der Waals surface area (Å²) in [4.78, 5) is 24.0. The van der Waals surface area contributed by atoms with E-state index in [1.54, 1.807) is 0 Å². The smallest absolute Gasteiger partial charge is 0.228 e. The van der Waals surface area contributed by atoms with Crippen LogP contribution in [-0.2, 0) is 9.59 Å². The highest BCUT2D eigenvalue weighted by Crippen LogP contribution is 2.40. The lowest BCUT2D eigenvalue weighted by atomic mass is 10.2. The summed E-state index contributed by atoms with van der Waals surface area (Å²) in [7, 11) is 0. The van der Waals surface area contributed by atoms with Crippen LogP contribution in [0.1, 0.15) is 6.42 Å². The summed E-state index contributed by atoms with van der Waals surface area (Å²) in [5.41, 5.74) is -1.20. The number of hydrogen-bond donors (Lipinski definition) is 2. The van der Waals surface area contributed by atoms with E-state index in [9.17, 15) is 27.2 Å². The minimum atomic E-state index is -0.941. The molecule has 2 atom stereocenters. The average molecular weight is 352 g/mol. The maximum atomic E-state index is 13.5. The van der Waals surface area contributed by atoms with Gasteiger partial charge in [-0.2, -0.15) is 0 Å². The Hall–Kier alpha value is -2.90. The van der Waals surface area contributed by atoms with Crippen molar-refractivity contribution in [1.82, 2.24) is 0 Å². The van der Waals surface area contributed by atoms with Crippen LogP contribution in [-0.4, -0.2) is 11.8 Å². The standard InChI is InChI=1S/C17H12F4N2O2/c18-10-3-1-4-11(19)14(10)22-16(24)8-7-9(8)17(25)23-15-12(20)5-2-6-13(15)21/h1-6,8-9H,7H2,(H,22,24)(H,23,25). The van der Waals surface area contributed by atoms with Gasteiger partial charge in [-0.15, -0.1) is 0 Å². The van der Waals surface area contributed by atoms with Crippen molar-refractivity contribution in [2.45, 2.75) is 6.42 Å². The summed E-state index contributed by atoms with van der Waals surface area (Å²) < 4.78 is 54.0. The molecule has 1 fully saturated rings. The van der Waals surface area contributed by atoms with E-state index in [1.807, 2.05) is 0 Å². The van der Waals surface area contributed by atoms with E-state index in [1.165, 1.54) is 0 Å². The van der Waals surface area contributed by atoms with E-state index in [0.717, 1.165) is 36.4 Å². The van der Waals surface area contributed by atoms with E-state index in [-0.39, 0.29) is 6.42 Å². The molecule has 1 saturated carbocycles. The number of amides is 2. The highest BCUT2D eigenvalue weighted by atomic mass is 19.1. The minimum absolute atomic E-state index is 0.115. The van der Waals surface area contributed by atoms with Gasteiger partial charge in [-0.25, -0.2) is 17.6 Å². The van der Waals surface area contributed by atoms with E-state index >= 15 is 0 Å². The summed E-state index contributed by atoms with van der Waals surface area (Å²) in [5, 5.41) is 4.19. The van der Waals surface area contributed by atoms with Gasteiger partial charge < -0.3 is 10.6 Å². The average Bonchev–Trinajstić information content (AvgIpc) is 3.35. The number of benzene rings is 2. The first-order valence-corrected chi connectivity index (χ1v) is 7.38. The topological polar surface area (TPSA) is 58.2 Å². The Morgan fingerprint density at radius 2 is 1.04 bits per heavy atom. The quantitative estimate of drug-likeness (QED) is 0.828. The zero-order valence-corrected chi connectivity index (χ0v) is 12.7. The molecule has 2 unspecified atom stereocenters. The summed E-state index contributed by atoms with van der Waals surface area (Å²) in [6.45, 7) is 0. The molecule has 2 N–H and O–H groups in total. The number of hydrogen-bond acceptors (Lipinski definition) is 2. The Balaban J connectivity index is 1.64. The number of para-hydroxylation sites is 2. The Bertz CT molecular complexity index is 747. The molecule has 0 bridgehead atoms. The molecule has 25 heavy (non-hydrogen) atoms. The molecule has 1 aliphatic carbocycles. The summed E-state index contributed by atoms with van der Waals surface area (Å²) in [6, 6.07) is 6.23. The SMILES string of the molecule is O=C(Nc1c(F)cccc1F)C1CC1C(=O)Nc1c(F)cccc1F. The first-order valence-electron chi connectivity index (χ1n) is 7.38. The zero-order chi connectivity index (χ0) is 18.1. The molecule has 130 valence electrons. The van der Waals surface area contributed by atoms with Gasteiger partial charge in [-0.05, 0) is 30.7 Å². The lowest BCUT2D eigenvalue weighted by Crippen LogP contribution is -2.22. The Morgan fingerprint density at radius 3 is 1.36 bits per heavy atom. The van der Waals surface area contributed by atoms with Crippen molar-refractivity contribution in [2.75, 3.05) is 10.6 Å². The van der Waals surface area contributed by atoms with Gasteiger partial charge in [-0.1, -0.05) is 12.1 Å². The van der Waals surface area contributed by atoms with Crippen molar-refractivity contribution >= 4 is 23.2 Å². The molecule has 3 rings (SSSR count). The largest absolute Gasteiger partial charge is 0.321 e. The van der Waals surface area contributed by atoms with Gasteiger partial charge in [-0.3, -0.25) is 9.59 Å². The number of nitrogens with one attached hydrogen (secondary N) is 2. The first kappa shape index (κ1) is 16.9. The van der Waals surface area contributed by atoms with Crippen molar-refractivity contribution in [1.29, 1.82) is 0 Å². The van der Waals surface area contributed by atoms with E-state index in [2.05, 4.69) is 10.6 Å². The number of rotatable bonds is 4. The fraction of sp³-hybridized carbons (Fsp3) is 0.176. The zero-order valence-electron chi connectivity index (χ0n) is 12.7. The van der Waals surface area contributed by atoms with Gasteiger partial charge in [0.05, 0.1) is 11.8 Å². The van der Waals surface area contributed by atoms with Crippen molar-refractivity contribution in [2.24, 2.45) is 11.8 Å². The molecule has 2 aromatic rings. The lowest BCUT2D eigenvalue weighted by molar-refractivity contribution is -0.122. The predicted molar refractivity (Wildman–Crippen MR) is 81.6 cm³/mol. The Morgan fingerprint density at radius 1 is 0.720 bits per heavy atom. The van der Waals surface area contributed by atoms with Gasteiger partial charge in [0.15, 0.2) is 0 Å². The van der Waals surface area contributed by atoms with E-state index in [0.29, 0.717) is 0 Å². The predicted octanol–water partition coefficient (Wildman–Crippen LogP) is 3.46. The molecule has 0 aliphatic heterocycles. The molecule has 0 saturated heterocycles. The monoisotopic (exact) mass is 352 g/mol. The van der Waals surface area contributed by atoms with E-state index < -0.39 is 58.3 Å². The normalized spacial score (nSPS) is 18.6. The van der Waals surface area contributed by atoms with Gasteiger partial charge >= 0.3 is 0 Å². The van der Waals surface area contributed by atoms with Crippen LogP contribution in [0.5, 0.6) is 0 Å². The molecular weight excluding hydrogens is 340 g/mol. The van der Waals surface area contributed by atoms with Crippen LogP contribution in [0, 0.1) is 35.1 Å². The third-order valence-electron chi connectivity index (χ3n) is 3.89. The number of halogens is 4. The fourth-order valence-corrected chi connectivity index (χ4v) is 2.44. The molecule has 1 aliphatic rings. The summed E-state index contributed by atoms with van der Waals surface area (Å²) in [5.74, 6) is -6.89. The first-order chi connectivity index (χ1) is 11.9. The number of anilines is 2. The van der Waals surface area contributed by atoms with Crippen molar-refractivity contribution < 1.29 is 27.2 Å². The van der Waals surface area contributed by atoms with Crippen LogP contribution < -0.4 is 10.6 Å². The van der Waals surface area contributed by atoms with Gasteiger partial charge in [0, 0.05) is 0 Å². The maximum absolute atomic E-state index is 13.5. The molecule has 4 nitrogen and oxygen atoms in total. The summed E-state index contributed by atoms with van der Waals surface area (Å²) in [6.07, 6.45) is 0.115. The molecule has 0 spiro atoms. The molecule has 0 heterocycles. The maximum Gasteiger partial charge on any atom is 0.228 e.